The molecule has 0 bridgehead atoms. The number of nitrogens with zero attached hydrogens (tertiary/aromatic N) is 1. The average Bonchev–Trinajstić information content (AvgIpc) is 3.84. The van der Waals surface area contributed by atoms with Crippen LogP contribution in [-0.2, 0) is 27.2 Å². The van der Waals surface area contributed by atoms with Gasteiger partial charge < -0.3 is 20.3 Å². The molecule has 1 aliphatic carbocycles. The Kier molecular flexibility index (Phi) is 13.7. The van der Waals surface area contributed by atoms with Crippen LogP contribution < -0.4 is 15.4 Å². The molecule has 0 aliphatic heterocycles. The number of hydrogen-bond acceptors (Lipinski definition) is 4. The fraction of sp³-hybridized carbons (Fsp3) is 0.559. The highest BCUT2D eigenvalue weighted by Gasteiger charge is 2.36. The molecule has 2 aromatic rings. The second kappa shape index (κ2) is 17.2. The molecule has 3 atom stereocenters. The lowest BCUT2D eigenvalue weighted by atomic mass is 10.0. The van der Waals surface area contributed by atoms with Gasteiger partial charge in [-0.2, -0.15) is 0 Å². The Labute approximate surface area is 256 Å². The number of para-hydroxylation sites is 1. The van der Waals surface area contributed by atoms with E-state index in [4.69, 9.17) is 16.3 Å². The third kappa shape index (κ3) is 10.3. The number of carbonyl (C=O) groups is 3. The van der Waals surface area contributed by atoms with Crippen molar-refractivity contribution < 1.29 is 19.1 Å². The molecule has 42 heavy (non-hydrogen) atoms. The molecule has 1 fully saturated rings. The van der Waals surface area contributed by atoms with Crippen molar-refractivity contribution in [3.8, 4) is 5.75 Å². The number of ether oxygens (including phenoxy) is 1. The summed E-state index contributed by atoms with van der Waals surface area (Å²) in [5.74, 6) is 0.495. The number of hydrogen-bond donors (Lipinski definition) is 2. The zero-order valence-corrected chi connectivity index (χ0v) is 26.4. The molecule has 1 saturated carbocycles. The zero-order valence-electron chi connectivity index (χ0n) is 25.7. The predicted octanol–water partition coefficient (Wildman–Crippen LogP) is 5.97. The maximum absolute atomic E-state index is 13.4. The molecule has 2 aromatic carbocycles. The Morgan fingerprint density at radius 3 is 2.33 bits per heavy atom. The van der Waals surface area contributed by atoms with E-state index in [2.05, 4.69) is 23.6 Å². The monoisotopic (exact) mass is 597 g/mol. The van der Waals surface area contributed by atoms with Gasteiger partial charge in [-0.3, -0.25) is 14.4 Å². The molecule has 1 aliphatic rings. The van der Waals surface area contributed by atoms with E-state index in [1.54, 1.807) is 20.0 Å². The number of unbranched alkanes of at least 4 members (excludes halogenated alkanes) is 3. The Bertz CT molecular complexity index is 1170. The number of aryl methyl sites for hydroxylation is 1. The molecular formula is C34H48ClN3O4. The largest absolute Gasteiger partial charge is 0.493 e. The molecular weight excluding hydrogens is 550 g/mol. The number of rotatable bonds is 18. The summed E-state index contributed by atoms with van der Waals surface area (Å²) >= 11 is 6.40. The van der Waals surface area contributed by atoms with E-state index in [0.29, 0.717) is 24.1 Å². The van der Waals surface area contributed by atoms with Gasteiger partial charge in [0.15, 0.2) is 0 Å². The van der Waals surface area contributed by atoms with Crippen LogP contribution >= 0.6 is 11.6 Å². The average molecular weight is 598 g/mol. The van der Waals surface area contributed by atoms with Crippen molar-refractivity contribution in [2.45, 2.75) is 90.6 Å². The zero-order chi connectivity index (χ0) is 30.5. The van der Waals surface area contributed by atoms with Crippen molar-refractivity contribution >= 4 is 29.3 Å². The van der Waals surface area contributed by atoms with Crippen molar-refractivity contribution in [2.24, 2.45) is 11.8 Å². The molecule has 3 rings (SSSR count). The molecule has 0 unspecified atom stereocenters. The molecule has 0 saturated heterocycles. The molecule has 2 N–H and O–H groups in total. The summed E-state index contributed by atoms with van der Waals surface area (Å²) in [5.41, 5.74) is 1.88. The first-order chi connectivity index (χ1) is 20.2. The van der Waals surface area contributed by atoms with Crippen LogP contribution in [0.4, 0.5) is 0 Å². The molecule has 0 heterocycles. The Hall–Kier alpha value is -3.06. The molecule has 7 nitrogen and oxygen atoms in total. The van der Waals surface area contributed by atoms with Crippen LogP contribution in [0.5, 0.6) is 5.75 Å². The van der Waals surface area contributed by atoms with E-state index >= 15 is 0 Å². The smallest absolute Gasteiger partial charge is 0.243 e. The van der Waals surface area contributed by atoms with Crippen LogP contribution in [0.25, 0.3) is 0 Å². The van der Waals surface area contributed by atoms with Crippen LogP contribution in [0.15, 0.2) is 48.5 Å². The van der Waals surface area contributed by atoms with Gasteiger partial charge in [0.2, 0.25) is 17.7 Å². The van der Waals surface area contributed by atoms with Gasteiger partial charge in [-0.05, 0) is 68.2 Å². The Morgan fingerprint density at radius 1 is 0.952 bits per heavy atom. The normalized spacial score (nSPS) is 14.9. The number of nitrogens with one attached hydrogen (secondary N) is 2. The standard InChI is InChI=1S/C34H48ClN3O4/c1-5-6-7-12-22-42-31-18-11-9-14-27(31)16-13-21-36-33(40)30(23-28-15-8-10-17-29(28)35)37-32(39)25(3)38(4)34(41)24(2)26-19-20-26/h8-11,14-15,17-18,24-26,30H,5-7,12-13,16,19-23H2,1-4H3,(H,36,40)(H,37,39)/t24-,25+,30+/m0/s1. The minimum absolute atomic E-state index is 0.0440. The highest BCUT2D eigenvalue weighted by Crippen LogP contribution is 2.37. The van der Waals surface area contributed by atoms with Crippen LogP contribution in [0.2, 0.25) is 5.02 Å². The summed E-state index contributed by atoms with van der Waals surface area (Å²) in [6.07, 6.45) is 8.46. The van der Waals surface area contributed by atoms with E-state index in [9.17, 15) is 14.4 Å². The molecule has 3 amide bonds. The number of amides is 3. The molecule has 8 heteroatoms. The van der Waals surface area contributed by atoms with Crippen LogP contribution in [0.1, 0.15) is 76.8 Å². The fourth-order valence-electron chi connectivity index (χ4n) is 5.05. The number of benzene rings is 2. The van der Waals surface area contributed by atoms with Gasteiger partial charge in [-0.15, -0.1) is 0 Å². The quantitative estimate of drug-likeness (QED) is 0.207. The van der Waals surface area contributed by atoms with Gasteiger partial charge in [0.05, 0.1) is 6.61 Å². The van der Waals surface area contributed by atoms with Gasteiger partial charge in [0.25, 0.3) is 0 Å². The highest BCUT2D eigenvalue weighted by atomic mass is 35.5. The van der Waals surface area contributed by atoms with E-state index in [-0.39, 0.29) is 30.1 Å². The number of halogens is 1. The predicted molar refractivity (Wildman–Crippen MR) is 169 cm³/mol. The summed E-state index contributed by atoms with van der Waals surface area (Å²) in [4.78, 5) is 41.0. The van der Waals surface area contributed by atoms with Crippen molar-refractivity contribution in [1.82, 2.24) is 15.5 Å². The molecule has 0 radical (unpaired) electrons. The minimum Gasteiger partial charge on any atom is -0.493 e. The maximum atomic E-state index is 13.4. The topological polar surface area (TPSA) is 87.7 Å². The lowest BCUT2D eigenvalue weighted by Crippen LogP contribution is -2.54. The summed E-state index contributed by atoms with van der Waals surface area (Å²) < 4.78 is 6.04. The number of carbonyl (C=O) groups excluding carboxylic acids is 3. The highest BCUT2D eigenvalue weighted by molar-refractivity contribution is 6.31. The van der Waals surface area contributed by atoms with E-state index in [1.807, 2.05) is 43.3 Å². The minimum atomic E-state index is -0.831. The van der Waals surface area contributed by atoms with Crippen LogP contribution in [0.3, 0.4) is 0 Å². The SMILES string of the molecule is CCCCCCOc1ccccc1CCCNC(=O)[C@@H](Cc1ccccc1Cl)NC(=O)[C@@H](C)N(C)C(=O)[C@@H](C)C1CC1. The Morgan fingerprint density at radius 2 is 1.64 bits per heavy atom. The molecule has 0 aromatic heterocycles. The second-order valence-corrected chi connectivity index (χ2v) is 11.9. The molecule has 230 valence electrons. The summed E-state index contributed by atoms with van der Waals surface area (Å²) in [5, 5.41) is 6.43. The first-order valence-electron chi connectivity index (χ1n) is 15.5. The third-order valence-electron chi connectivity index (χ3n) is 8.19. The Balaban J connectivity index is 1.57. The molecule has 0 spiro atoms. The summed E-state index contributed by atoms with van der Waals surface area (Å²) in [7, 11) is 1.65. The lowest BCUT2D eigenvalue weighted by Gasteiger charge is -2.28. The van der Waals surface area contributed by atoms with E-state index in [1.165, 1.54) is 24.2 Å². The maximum Gasteiger partial charge on any atom is 0.243 e. The van der Waals surface area contributed by atoms with Crippen molar-refractivity contribution in [1.29, 1.82) is 0 Å². The van der Waals surface area contributed by atoms with Crippen LogP contribution in [0, 0.1) is 11.8 Å². The van der Waals surface area contributed by atoms with Gasteiger partial charge in [-0.1, -0.05) is 81.1 Å². The van der Waals surface area contributed by atoms with Crippen LogP contribution in [-0.4, -0.2) is 54.9 Å². The fourth-order valence-corrected chi connectivity index (χ4v) is 5.26. The van der Waals surface area contributed by atoms with E-state index < -0.39 is 12.1 Å². The van der Waals surface area contributed by atoms with Crippen molar-refractivity contribution in [3.63, 3.8) is 0 Å². The second-order valence-electron chi connectivity index (χ2n) is 11.5. The summed E-state index contributed by atoms with van der Waals surface area (Å²) in [6, 6.07) is 13.8. The summed E-state index contributed by atoms with van der Waals surface area (Å²) in [6.45, 7) is 6.97. The first-order valence-corrected chi connectivity index (χ1v) is 15.9. The van der Waals surface area contributed by atoms with Gasteiger partial charge >= 0.3 is 0 Å². The third-order valence-corrected chi connectivity index (χ3v) is 8.56. The van der Waals surface area contributed by atoms with Gasteiger partial charge in [-0.25, -0.2) is 0 Å². The number of likely N-dealkylation sites (N-methyl/N-ethyl adjacent to an activating group) is 1. The first kappa shape index (κ1) is 33.4. The van der Waals surface area contributed by atoms with Gasteiger partial charge in [0.1, 0.15) is 17.8 Å². The van der Waals surface area contributed by atoms with Crippen molar-refractivity contribution in [2.75, 3.05) is 20.2 Å². The van der Waals surface area contributed by atoms with Gasteiger partial charge in [0, 0.05) is 31.0 Å². The lowest BCUT2D eigenvalue weighted by molar-refractivity contribution is -0.142. The van der Waals surface area contributed by atoms with Crippen molar-refractivity contribution in [3.05, 3.63) is 64.7 Å². The van der Waals surface area contributed by atoms with E-state index in [0.717, 1.165) is 49.0 Å².